The number of rotatable bonds is 4. The van der Waals surface area contributed by atoms with Crippen molar-refractivity contribution in [1.82, 2.24) is 10.2 Å². The molecule has 0 saturated carbocycles. The topological polar surface area (TPSA) is 15.3 Å². The minimum absolute atomic E-state index is 0.707. The number of nitrogens with zero attached hydrogens (tertiary/aromatic N) is 1. The van der Waals surface area contributed by atoms with E-state index in [1.54, 1.807) is 0 Å². The normalized spacial score (nSPS) is 25.3. The van der Waals surface area contributed by atoms with Crippen LogP contribution >= 0.6 is 12.6 Å². The molecule has 0 unspecified atom stereocenters. The van der Waals surface area contributed by atoms with Gasteiger partial charge in [0.05, 0.1) is 0 Å². The first kappa shape index (κ1) is 12.3. The largest absolute Gasteiger partial charge is 0.313 e. The number of hydrogen-bond donors (Lipinski definition) is 2. The molecular formula is C11H24N2S. The third-order valence-electron chi connectivity index (χ3n) is 3.04. The molecule has 0 amide bonds. The van der Waals surface area contributed by atoms with Crippen LogP contribution in [0.1, 0.15) is 33.1 Å². The fraction of sp³-hybridized carbons (Fsp3) is 1.00. The fourth-order valence-corrected chi connectivity index (χ4v) is 2.24. The van der Waals surface area contributed by atoms with Crippen molar-refractivity contribution >= 4 is 12.6 Å². The molecule has 0 spiro atoms. The zero-order chi connectivity index (χ0) is 10.4. The number of likely N-dealkylation sites (tertiary alicyclic amines) is 1. The Hall–Kier alpha value is 0.270. The molecule has 1 atom stereocenters. The molecule has 0 bridgehead atoms. The van der Waals surface area contributed by atoms with Gasteiger partial charge in [-0.1, -0.05) is 0 Å². The maximum atomic E-state index is 4.22. The van der Waals surface area contributed by atoms with Gasteiger partial charge in [0.2, 0.25) is 0 Å². The first-order chi connectivity index (χ1) is 6.74. The molecule has 3 heteroatoms. The molecule has 2 nitrogen and oxygen atoms in total. The van der Waals surface area contributed by atoms with Crippen LogP contribution < -0.4 is 5.32 Å². The van der Waals surface area contributed by atoms with Crippen molar-refractivity contribution in [1.29, 1.82) is 0 Å². The summed E-state index contributed by atoms with van der Waals surface area (Å²) in [6.07, 6.45) is 3.96. The van der Waals surface area contributed by atoms with E-state index in [9.17, 15) is 0 Å². The van der Waals surface area contributed by atoms with Gasteiger partial charge in [0.1, 0.15) is 0 Å². The van der Waals surface area contributed by atoms with Crippen LogP contribution in [-0.2, 0) is 0 Å². The number of hydrogen-bond acceptors (Lipinski definition) is 3. The quantitative estimate of drug-likeness (QED) is 0.696. The third kappa shape index (κ3) is 4.20. The monoisotopic (exact) mass is 216 g/mol. The fourth-order valence-electron chi connectivity index (χ4n) is 2.11. The summed E-state index contributed by atoms with van der Waals surface area (Å²) in [6, 6.07) is 1.43. The van der Waals surface area contributed by atoms with E-state index in [4.69, 9.17) is 0 Å². The predicted octanol–water partition coefficient (Wildman–Crippen LogP) is 1.77. The van der Waals surface area contributed by atoms with Crippen LogP contribution in [0.5, 0.6) is 0 Å². The lowest BCUT2D eigenvalue weighted by atomic mass is 10.1. The minimum atomic E-state index is 0.707. The van der Waals surface area contributed by atoms with Crippen molar-refractivity contribution in [3.8, 4) is 0 Å². The van der Waals surface area contributed by atoms with Crippen molar-refractivity contribution < 1.29 is 0 Å². The van der Waals surface area contributed by atoms with Gasteiger partial charge in [-0.25, -0.2) is 0 Å². The SMILES string of the molecule is CC(C)N1CCC[C@H](NCCS)CC1. The summed E-state index contributed by atoms with van der Waals surface area (Å²) in [5.41, 5.74) is 0. The average molecular weight is 216 g/mol. The summed E-state index contributed by atoms with van der Waals surface area (Å²) >= 11 is 4.22. The molecule has 14 heavy (non-hydrogen) atoms. The summed E-state index contributed by atoms with van der Waals surface area (Å²) in [6.45, 7) is 8.16. The van der Waals surface area contributed by atoms with Crippen LogP contribution in [0.3, 0.4) is 0 Å². The smallest absolute Gasteiger partial charge is 0.00800 e. The van der Waals surface area contributed by atoms with Crippen molar-refractivity contribution in [2.45, 2.75) is 45.2 Å². The highest BCUT2D eigenvalue weighted by Crippen LogP contribution is 2.12. The van der Waals surface area contributed by atoms with E-state index in [2.05, 4.69) is 36.7 Å². The first-order valence-corrected chi connectivity index (χ1v) is 6.45. The van der Waals surface area contributed by atoms with Gasteiger partial charge in [0.15, 0.2) is 0 Å². The maximum Gasteiger partial charge on any atom is 0.00800 e. The highest BCUT2D eigenvalue weighted by Gasteiger charge is 2.17. The van der Waals surface area contributed by atoms with Crippen LogP contribution in [0.15, 0.2) is 0 Å². The zero-order valence-electron chi connectivity index (χ0n) is 9.50. The van der Waals surface area contributed by atoms with E-state index in [1.807, 2.05) is 0 Å². The highest BCUT2D eigenvalue weighted by molar-refractivity contribution is 7.80. The van der Waals surface area contributed by atoms with Crippen LogP contribution in [0.25, 0.3) is 0 Å². The molecule has 84 valence electrons. The van der Waals surface area contributed by atoms with E-state index in [1.165, 1.54) is 32.4 Å². The summed E-state index contributed by atoms with van der Waals surface area (Å²) in [7, 11) is 0. The molecule has 1 heterocycles. The van der Waals surface area contributed by atoms with Gasteiger partial charge in [-0.05, 0) is 46.2 Å². The lowest BCUT2D eigenvalue weighted by Gasteiger charge is -2.24. The van der Waals surface area contributed by atoms with Gasteiger partial charge >= 0.3 is 0 Å². The molecule has 0 aromatic heterocycles. The molecule has 0 aliphatic carbocycles. The van der Waals surface area contributed by atoms with Crippen molar-refractivity contribution in [2.75, 3.05) is 25.4 Å². The van der Waals surface area contributed by atoms with E-state index in [0.717, 1.165) is 18.3 Å². The maximum absolute atomic E-state index is 4.22. The van der Waals surface area contributed by atoms with Gasteiger partial charge in [0.25, 0.3) is 0 Å². The number of nitrogens with one attached hydrogen (secondary N) is 1. The van der Waals surface area contributed by atoms with E-state index in [-0.39, 0.29) is 0 Å². The Balaban J connectivity index is 2.26. The Bertz CT molecular complexity index is 150. The number of thiol groups is 1. The predicted molar refractivity (Wildman–Crippen MR) is 66.2 cm³/mol. The van der Waals surface area contributed by atoms with Gasteiger partial charge in [-0.2, -0.15) is 12.6 Å². The molecule has 0 radical (unpaired) electrons. The van der Waals surface area contributed by atoms with Crippen molar-refractivity contribution in [2.24, 2.45) is 0 Å². The molecule has 1 aliphatic rings. The lowest BCUT2D eigenvalue weighted by molar-refractivity contribution is 0.229. The Morgan fingerprint density at radius 3 is 2.79 bits per heavy atom. The molecule has 1 saturated heterocycles. The Labute approximate surface area is 93.8 Å². The minimum Gasteiger partial charge on any atom is -0.313 e. The second-order valence-corrected chi connectivity index (χ2v) is 4.88. The van der Waals surface area contributed by atoms with Gasteiger partial charge < -0.3 is 10.2 Å². The second kappa shape index (κ2) is 6.70. The van der Waals surface area contributed by atoms with Crippen molar-refractivity contribution in [3.63, 3.8) is 0 Å². The summed E-state index contributed by atoms with van der Waals surface area (Å²) in [4.78, 5) is 2.59. The van der Waals surface area contributed by atoms with E-state index in [0.29, 0.717) is 6.04 Å². The molecular weight excluding hydrogens is 192 g/mol. The molecule has 1 N–H and O–H groups in total. The molecule has 1 fully saturated rings. The van der Waals surface area contributed by atoms with Crippen LogP contribution in [-0.4, -0.2) is 42.4 Å². The van der Waals surface area contributed by atoms with E-state index >= 15 is 0 Å². The third-order valence-corrected chi connectivity index (χ3v) is 3.26. The first-order valence-electron chi connectivity index (χ1n) is 5.82. The Morgan fingerprint density at radius 1 is 1.36 bits per heavy atom. The van der Waals surface area contributed by atoms with Gasteiger partial charge in [-0.3, -0.25) is 0 Å². The van der Waals surface area contributed by atoms with Gasteiger partial charge in [-0.15, -0.1) is 0 Å². The van der Waals surface area contributed by atoms with Crippen LogP contribution in [0, 0.1) is 0 Å². The highest BCUT2D eigenvalue weighted by atomic mass is 32.1. The van der Waals surface area contributed by atoms with E-state index < -0.39 is 0 Å². The molecule has 1 rings (SSSR count). The summed E-state index contributed by atoms with van der Waals surface area (Å²) in [5, 5.41) is 3.57. The molecule has 0 aromatic carbocycles. The van der Waals surface area contributed by atoms with Crippen LogP contribution in [0.2, 0.25) is 0 Å². The second-order valence-electron chi connectivity index (χ2n) is 4.44. The molecule has 1 aliphatic heterocycles. The average Bonchev–Trinajstić information content (AvgIpc) is 2.39. The van der Waals surface area contributed by atoms with Crippen LogP contribution in [0.4, 0.5) is 0 Å². The zero-order valence-corrected chi connectivity index (χ0v) is 10.4. The standard InChI is InChI=1S/C11H24N2S/c1-10(2)13-7-3-4-11(5-8-13)12-6-9-14/h10-12,14H,3-9H2,1-2H3/t11-/m0/s1. The Morgan fingerprint density at radius 2 is 2.14 bits per heavy atom. The summed E-state index contributed by atoms with van der Waals surface area (Å²) in [5.74, 6) is 0.949. The Kier molecular flexibility index (Phi) is 5.90. The van der Waals surface area contributed by atoms with Gasteiger partial charge in [0, 0.05) is 24.4 Å². The lowest BCUT2D eigenvalue weighted by Crippen LogP contribution is -2.34. The van der Waals surface area contributed by atoms with Crippen molar-refractivity contribution in [3.05, 3.63) is 0 Å². The molecule has 0 aromatic rings. The summed E-state index contributed by atoms with van der Waals surface area (Å²) < 4.78 is 0.